The SMILES string of the molecule is COc1ccc(Br)cc1C1Oc2ccccc2C2CC(c3ccc(C)cc3)=NN21. The zero-order valence-corrected chi connectivity index (χ0v) is 17.9. The van der Waals surface area contributed by atoms with Gasteiger partial charge in [-0.2, -0.15) is 5.10 Å². The number of hydrogen-bond acceptors (Lipinski definition) is 4. The van der Waals surface area contributed by atoms with E-state index in [0.717, 1.165) is 39.2 Å². The molecule has 0 fully saturated rings. The smallest absolute Gasteiger partial charge is 0.217 e. The van der Waals surface area contributed by atoms with E-state index in [9.17, 15) is 0 Å². The molecule has 29 heavy (non-hydrogen) atoms. The van der Waals surface area contributed by atoms with Crippen LogP contribution in [0.5, 0.6) is 11.5 Å². The van der Waals surface area contributed by atoms with Crippen LogP contribution < -0.4 is 9.47 Å². The van der Waals surface area contributed by atoms with E-state index in [0.29, 0.717) is 0 Å². The summed E-state index contributed by atoms with van der Waals surface area (Å²) >= 11 is 3.59. The summed E-state index contributed by atoms with van der Waals surface area (Å²) in [5.74, 6) is 1.69. The summed E-state index contributed by atoms with van der Waals surface area (Å²) in [6, 6.07) is 22.9. The van der Waals surface area contributed by atoms with Crippen molar-refractivity contribution in [3.63, 3.8) is 0 Å². The molecule has 0 saturated carbocycles. The third-order valence-corrected chi connectivity index (χ3v) is 6.03. The number of methoxy groups -OCH3 is 1. The number of nitrogens with zero attached hydrogens (tertiary/aromatic N) is 2. The second-order valence-corrected chi connectivity index (χ2v) is 8.32. The molecule has 2 atom stereocenters. The highest BCUT2D eigenvalue weighted by Gasteiger charge is 2.41. The number of fused-ring (bicyclic) bond motifs is 3. The van der Waals surface area contributed by atoms with E-state index in [1.54, 1.807) is 7.11 Å². The van der Waals surface area contributed by atoms with Gasteiger partial charge >= 0.3 is 0 Å². The number of benzene rings is 3. The van der Waals surface area contributed by atoms with Crippen molar-refractivity contribution in [3.8, 4) is 11.5 Å². The van der Waals surface area contributed by atoms with Crippen LogP contribution in [0, 0.1) is 6.92 Å². The van der Waals surface area contributed by atoms with Crippen LogP contribution in [-0.2, 0) is 0 Å². The van der Waals surface area contributed by atoms with E-state index >= 15 is 0 Å². The van der Waals surface area contributed by atoms with E-state index in [2.05, 4.69) is 64.3 Å². The molecule has 0 N–H and O–H groups in total. The Balaban J connectivity index is 1.62. The van der Waals surface area contributed by atoms with E-state index < -0.39 is 0 Å². The molecule has 0 aliphatic carbocycles. The predicted molar refractivity (Wildman–Crippen MR) is 117 cm³/mol. The van der Waals surface area contributed by atoms with Gasteiger partial charge in [0.2, 0.25) is 6.23 Å². The summed E-state index contributed by atoms with van der Waals surface area (Å²) in [6.45, 7) is 2.10. The highest BCUT2D eigenvalue weighted by atomic mass is 79.9. The molecule has 0 bridgehead atoms. The normalized spacial score (nSPS) is 19.8. The van der Waals surface area contributed by atoms with Gasteiger partial charge < -0.3 is 9.47 Å². The van der Waals surface area contributed by atoms with Gasteiger partial charge in [-0.1, -0.05) is 64.0 Å². The molecular formula is C24H21BrN2O2. The monoisotopic (exact) mass is 448 g/mol. The van der Waals surface area contributed by atoms with Gasteiger partial charge in [-0.25, -0.2) is 5.01 Å². The molecule has 0 aromatic heterocycles. The summed E-state index contributed by atoms with van der Waals surface area (Å²) in [5.41, 5.74) is 5.60. The summed E-state index contributed by atoms with van der Waals surface area (Å²) in [4.78, 5) is 0. The summed E-state index contributed by atoms with van der Waals surface area (Å²) < 4.78 is 13.1. The molecule has 5 rings (SSSR count). The minimum atomic E-state index is -0.356. The van der Waals surface area contributed by atoms with Crippen LogP contribution in [0.1, 0.15) is 40.9 Å². The minimum absolute atomic E-state index is 0.130. The lowest BCUT2D eigenvalue weighted by Gasteiger charge is -2.38. The fourth-order valence-electron chi connectivity index (χ4n) is 4.06. The molecule has 0 spiro atoms. The van der Waals surface area contributed by atoms with E-state index in [1.807, 2.05) is 30.3 Å². The Hall–Kier alpha value is -2.79. The van der Waals surface area contributed by atoms with Crippen molar-refractivity contribution >= 4 is 21.6 Å². The van der Waals surface area contributed by atoms with Crippen molar-refractivity contribution in [1.29, 1.82) is 0 Å². The molecule has 4 nitrogen and oxygen atoms in total. The first-order valence-corrected chi connectivity index (χ1v) is 10.5. The summed E-state index contributed by atoms with van der Waals surface area (Å²) in [5, 5.41) is 7.11. The first kappa shape index (κ1) is 18.3. The lowest BCUT2D eigenvalue weighted by atomic mass is 9.95. The molecule has 5 heteroatoms. The second kappa shape index (κ2) is 7.23. The Morgan fingerprint density at radius 1 is 1.03 bits per heavy atom. The van der Waals surface area contributed by atoms with Gasteiger partial charge in [-0.3, -0.25) is 0 Å². The van der Waals surface area contributed by atoms with Crippen LogP contribution in [0.15, 0.2) is 76.3 Å². The van der Waals surface area contributed by atoms with Crippen LogP contribution in [0.25, 0.3) is 0 Å². The van der Waals surface area contributed by atoms with Gasteiger partial charge in [0.15, 0.2) is 0 Å². The molecule has 2 heterocycles. The maximum atomic E-state index is 6.45. The first-order valence-electron chi connectivity index (χ1n) is 9.66. The highest BCUT2D eigenvalue weighted by molar-refractivity contribution is 9.10. The standard InChI is InChI=1S/C24H21BrN2O2/c1-15-7-9-16(10-8-15)20-14-21-18-5-3-4-6-23(18)29-24(27(21)26-20)19-13-17(25)11-12-22(19)28-2/h3-13,21,24H,14H2,1-2H3. The zero-order valence-electron chi connectivity index (χ0n) is 16.3. The van der Waals surface area contributed by atoms with Gasteiger partial charge in [0.25, 0.3) is 0 Å². The molecule has 2 aliphatic rings. The second-order valence-electron chi connectivity index (χ2n) is 7.41. The van der Waals surface area contributed by atoms with Gasteiger partial charge in [0.05, 0.1) is 24.4 Å². The molecule has 3 aromatic rings. The largest absolute Gasteiger partial charge is 0.496 e. The Morgan fingerprint density at radius 2 is 1.83 bits per heavy atom. The lowest BCUT2D eigenvalue weighted by molar-refractivity contribution is -0.0203. The van der Waals surface area contributed by atoms with Crippen LogP contribution in [-0.4, -0.2) is 17.8 Å². The van der Waals surface area contributed by atoms with Crippen LogP contribution in [0.4, 0.5) is 0 Å². The summed E-state index contributed by atoms with van der Waals surface area (Å²) in [7, 11) is 1.69. The first-order chi connectivity index (χ1) is 14.1. The number of halogens is 1. The predicted octanol–water partition coefficient (Wildman–Crippen LogP) is 6.01. The molecule has 3 aromatic carbocycles. The van der Waals surface area contributed by atoms with E-state index in [1.165, 1.54) is 11.1 Å². The third kappa shape index (κ3) is 3.19. The van der Waals surface area contributed by atoms with Gasteiger partial charge in [-0.05, 0) is 36.8 Å². The van der Waals surface area contributed by atoms with Gasteiger partial charge in [-0.15, -0.1) is 0 Å². The number of aryl methyl sites for hydroxylation is 1. The van der Waals surface area contributed by atoms with Crippen molar-refractivity contribution < 1.29 is 9.47 Å². The molecular weight excluding hydrogens is 428 g/mol. The van der Waals surface area contributed by atoms with Crippen molar-refractivity contribution in [3.05, 3.63) is 93.5 Å². The quantitative estimate of drug-likeness (QED) is 0.491. The van der Waals surface area contributed by atoms with Crippen molar-refractivity contribution in [2.24, 2.45) is 5.10 Å². The van der Waals surface area contributed by atoms with Crippen molar-refractivity contribution in [2.75, 3.05) is 7.11 Å². The minimum Gasteiger partial charge on any atom is -0.496 e. The molecule has 0 amide bonds. The van der Waals surface area contributed by atoms with Crippen molar-refractivity contribution in [2.45, 2.75) is 25.6 Å². The van der Waals surface area contributed by atoms with Gasteiger partial charge in [0.1, 0.15) is 11.5 Å². The Bertz CT molecular complexity index is 1090. The number of para-hydroxylation sites is 1. The Kier molecular flexibility index (Phi) is 4.55. The number of hydrogen-bond donors (Lipinski definition) is 0. The fraction of sp³-hybridized carbons (Fsp3) is 0.208. The Labute approximate surface area is 178 Å². The third-order valence-electron chi connectivity index (χ3n) is 5.54. The van der Waals surface area contributed by atoms with Gasteiger partial charge in [0, 0.05) is 16.5 Å². The molecule has 0 saturated heterocycles. The van der Waals surface area contributed by atoms with E-state index in [4.69, 9.17) is 14.6 Å². The number of hydrazone groups is 1. The van der Waals surface area contributed by atoms with Crippen LogP contribution in [0.3, 0.4) is 0 Å². The average Bonchev–Trinajstić information content (AvgIpc) is 3.19. The lowest BCUT2D eigenvalue weighted by Crippen LogP contribution is -2.33. The molecule has 146 valence electrons. The molecule has 2 unspecified atom stereocenters. The zero-order chi connectivity index (χ0) is 20.0. The highest BCUT2D eigenvalue weighted by Crippen LogP contribution is 2.49. The maximum Gasteiger partial charge on any atom is 0.217 e. The van der Waals surface area contributed by atoms with E-state index in [-0.39, 0.29) is 12.3 Å². The van der Waals surface area contributed by atoms with Crippen LogP contribution >= 0.6 is 15.9 Å². The number of rotatable bonds is 3. The average molecular weight is 449 g/mol. The maximum absolute atomic E-state index is 6.45. The molecule has 0 radical (unpaired) electrons. The molecule has 2 aliphatic heterocycles. The summed E-state index contributed by atoms with van der Waals surface area (Å²) in [6.07, 6.45) is 0.487. The Morgan fingerprint density at radius 3 is 2.62 bits per heavy atom. The number of ether oxygens (including phenoxy) is 2. The fourth-order valence-corrected chi connectivity index (χ4v) is 4.44. The topological polar surface area (TPSA) is 34.1 Å². The van der Waals surface area contributed by atoms with Crippen molar-refractivity contribution in [1.82, 2.24) is 5.01 Å². The van der Waals surface area contributed by atoms with Crippen LogP contribution in [0.2, 0.25) is 0 Å².